The minimum Gasteiger partial charge on any atom is -0.545 e. The maximum Gasteiger partial charge on any atom is 0.293 e. The third kappa shape index (κ3) is 9.28. The molecule has 0 aliphatic rings. The van der Waals surface area contributed by atoms with Gasteiger partial charge in [-0.05, 0) is 32.6 Å². The smallest absolute Gasteiger partial charge is 0.293 e. The highest BCUT2D eigenvalue weighted by Crippen LogP contribution is 2.10. The molecular weight excluding hydrogens is 208 g/mol. The normalized spacial score (nSPS) is 13.6. The predicted octanol–water partition coefficient (Wildman–Crippen LogP) is 2.86. The lowest BCUT2D eigenvalue weighted by Crippen LogP contribution is -2.24. The van der Waals surface area contributed by atoms with Crippen molar-refractivity contribution in [1.29, 1.82) is 0 Å². The van der Waals surface area contributed by atoms with Crippen LogP contribution in [0.15, 0.2) is 24.5 Å². The van der Waals surface area contributed by atoms with Gasteiger partial charge in [0.05, 0.1) is 5.76 Å². The third-order valence-corrected chi connectivity index (χ3v) is 2.37. The monoisotopic (exact) mass is 228 g/mol. The molecule has 0 aliphatic heterocycles. The molecule has 0 saturated heterocycles. The average molecular weight is 228 g/mol. The first-order valence-electron chi connectivity index (χ1n) is 4.98. The zero-order chi connectivity index (χ0) is 11.9. The third-order valence-electron chi connectivity index (χ3n) is 1.50. The first-order chi connectivity index (χ1) is 6.85. The van der Waals surface area contributed by atoms with E-state index in [9.17, 15) is 4.79 Å². The van der Waals surface area contributed by atoms with E-state index in [0.717, 1.165) is 0 Å². The van der Waals surface area contributed by atoms with E-state index in [2.05, 4.69) is 26.2 Å². The number of hydrogen-bond acceptors (Lipinski definition) is 3. The van der Waals surface area contributed by atoms with Crippen molar-refractivity contribution in [3.63, 3.8) is 0 Å². The number of hydrogen-bond donors (Lipinski definition) is 0. The second-order valence-corrected chi connectivity index (χ2v) is 8.79. The molecule has 0 radical (unpaired) electrons. The molecule has 86 valence electrons. The van der Waals surface area contributed by atoms with E-state index in [4.69, 9.17) is 9.16 Å². The molecule has 0 fully saturated rings. The van der Waals surface area contributed by atoms with Crippen LogP contribution in [0.2, 0.25) is 19.6 Å². The zero-order valence-electron chi connectivity index (χ0n) is 9.95. The van der Waals surface area contributed by atoms with Gasteiger partial charge in [0.15, 0.2) is 0 Å². The average Bonchev–Trinajstić information content (AvgIpc) is 2.00. The molecule has 0 aromatic rings. The number of allylic oxidation sites excluding steroid dienone is 1. The van der Waals surface area contributed by atoms with Crippen molar-refractivity contribution in [2.45, 2.75) is 39.1 Å². The van der Waals surface area contributed by atoms with Crippen LogP contribution in [-0.4, -0.2) is 20.9 Å². The molecule has 0 aromatic carbocycles. The summed E-state index contributed by atoms with van der Waals surface area (Å²) in [6.45, 7) is 12.4. The first kappa shape index (κ1) is 14.0. The van der Waals surface area contributed by atoms with Crippen LogP contribution in [0.5, 0.6) is 0 Å². The lowest BCUT2D eigenvalue weighted by Gasteiger charge is -2.18. The van der Waals surface area contributed by atoms with Gasteiger partial charge in [-0.2, -0.15) is 0 Å². The van der Waals surface area contributed by atoms with E-state index in [1.165, 1.54) is 0 Å². The molecule has 4 heteroatoms. The lowest BCUT2D eigenvalue weighted by molar-refractivity contribution is -0.132. The van der Waals surface area contributed by atoms with Crippen molar-refractivity contribution in [2.75, 3.05) is 0 Å². The SMILES string of the molecule is C=C(/C=C/C[C@@H](C)OC=O)O[Si](C)(C)C. The Hall–Kier alpha value is -1.03. The maximum atomic E-state index is 10.0. The summed E-state index contributed by atoms with van der Waals surface area (Å²) >= 11 is 0. The van der Waals surface area contributed by atoms with Gasteiger partial charge in [0.25, 0.3) is 6.47 Å². The molecule has 0 amide bonds. The highest BCUT2D eigenvalue weighted by Gasteiger charge is 2.15. The summed E-state index contributed by atoms with van der Waals surface area (Å²) in [5.41, 5.74) is 0. The maximum absolute atomic E-state index is 10.0. The number of ether oxygens (including phenoxy) is 1. The Labute approximate surface area is 92.9 Å². The molecule has 0 heterocycles. The summed E-state index contributed by atoms with van der Waals surface area (Å²) in [5, 5.41) is 0. The molecule has 0 rings (SSSR count). The van der Waals surface area contributed by atoms with Crippen molar-refractivity contribution in [2.24, 2.45) is 0 Å². The van der Waals surface area contributed by atoms with Gasteiger partial charge in [-0.1, -0.05) is 12.7 Å². The van der Waals surface area contributed by atoms with Crippen LogP contribution >= 0.6 is 0 Å². The van der Waals surface area contributed by atoms with Crippen LogP contribution in [0.3, 0.4) is 0 Å². The van der Waals surface area contributed by atoms with Gasteiger partial charge < -0.3 is 9.16 Å². The molecular formula is C11H20O3Si. The van der Waals surface area contributed by atoms with Gasteiger partial charge in [0, 0.05) is 6.42 Å². The topological polar surface area (TPSA) is 35.5 Å². The molecule has 1 atom stereocenters. The fourth-order valence-electron chi connectivity index (χ4n) is 0.969. The van der Waals surface area contributed by atoms with Gasteiger partial charge in [0.1, 0.15) is 6.10 Å². The fourth-order valence-corrected chi connectivity index (χ4v) is 1.82. The van der Waals surface area contributed by atoms with E-state index in [-0.39, 0.29) is 6.10 Å². The minimum absolute atomic E-state index is 0.0987. The first-order valence-corrected chi connectivity index (χ1v) is 8.39. The molecule has 15 heavy (non-hydrogen) atoms. The van der Waals surface area contributed by atoms with Crippen molar-refractivity contribution in [3.8, 4) is 0 Å². The fraction of sp³-hybridized carbons (Fsp3) is 0.545. The van der Waals surface area contributed by atoms with Crippen LogP contribution in [-0.2, 0) is 14.0 Å². The van der Waals surface area contributed by atoms with E-state index in [1.807, 2.05) is 19.1 Å². The molecule has 3 nitrogen and oxygen atoms in total. The quantitative estimate of drug-likeness (QED) is 0.291. The standard InChI is InChI=1S/C11H20O3Si/c1-10(13-9-12)7-6-8-11(2)14-15(3,4)5/h6,8-10H,2,7H2,1,3-5H3/b8-6+/t10-/m1/s1. The highest BCUT2D eigenvalue weighted by molar-refractivity contribution is 6.70. The summed E-state index contributed by atoms with van der Waals surface area (Å²) in [5.74, 6) is 0.674. The van der Waals surface area contributed by atoms with E-state index < -0.39 is 8.32 Å². The molecule has 0 aromatic heterocycles. The number of carbonyl (C=O) groups is 1. The Balaban J connectivity index is 3.87. The van der Waals surface area contributed by atoms with Crippen molar-refractivity contribution >= 4 is 14.8 Å². The van der Waals surface area contributed by atoms with Crippen LogP contribution in [0.4, 0.5) is 0 Å². The minimum atomic E-state index is -1.55. The van der Waals surface area contributed by atoms with Gasteiger partial charge in [-0.25, -0.2) is 0 Å². The van der Waals surface area contributed by atoms with Crippen LogP contribution in [0.1, 0.15) is 13.3 Å². The van der Waals surface area contributed by atoms with E-state index in [1.54, 1.807) is 0 Å². The Morgan fingerprint density at radius 2 is 2.07 bits per heavy atom. The van der Waals surface area contributed by atoms with Gasteiger partial charge in [0.2, 0.25) is 8.32 Å². The van der Waals surface area contributed by atoms with Gasteiger partial charge in [-0.15, -0.1) is 0 Å². The summed E-state index contributed by atoms with van der Waals surface area (Å²) in [6, 6.07) is 0. The lowest BCUT2D eigenvalue weighted by atomic mass is 10.2. The van der Waals surface area contributed by atoms with E-state index in [0.29, 0.717) is 18.7 Å². The predicted molar refractivity (Wildman–Crippen MR) is 63.9 cm³/mol. The molecule has 0 N–H and O–H groups in total. The molecule has 0 saturated carbocycles. The van der Waals surface area contributed by atoms with Crippen molar-refractivity contribution < 1.29 is 14.0 Å². The van der Waals surface area contributed by atoms with Crippen molar-refractivity contribution in [1.82, 2.24) is 0 Å². The van der Waals surface area contributed by atoms with Crippen LogP contribution in [0.25, 0.3) is 0 Å². The summed E-state index contributed by atoms with van der Waals surface area (Å²) < 4.78 is 10.4. The summed E-state index contributed by atoms with van der Waals surface area (Å²) in [4.78, 5) is 10.0. The molecule has 0 spiro atoms. The summed E-state index contributed by atoms with van der Waals surface area (Å²) in [6.07, 6.45) is 4.30. The van der Waals surface area contributed by atoms with Gasteiger partial charge in [-0.3, -0.25) is 4.79 Å². The Bertz CT molecular complexity index is 241. The number of carbonyl (C=O) groups excluding carboxylic acids is 1. The molecule has 0 unspecified atom stereocenters. The largest absolute Gasteiger partial charge is 0.545 e. The van der Waals surface area contributed by atoms with Crippen molar-refractivity contribution in [3.05, 3.63) is 24.5 Å². The number of rotatable bonds is 7. The Morgan fingerprint density at radius 1 is 1.47 bits per heavy atom. The zero-order valence-corrected chi connectivity index (χ0v) is 10.9. The second kappa shape index (κ2) is 6.45. The highest BCUT2D eigenvalue weighted by atomic mass is 28.4. The summed E-state index contributed by atoms with van der Waals surface area (Å²) in [7, 11) is -1.55. The van der Waals surface area contributed by atoms with Crippen LogP contribution in [0, 0.1) is 0 Å². The van der Waals surface area contributed by atoms with Crippen LogP contribution < -0.4 is 0 Å². The Morgan fingerprint density at radius 3 is 2.53 bits per heavy atom. The Kier molecular flexibility index (Phi) is 6.01. The van der Waals surface area contributed by atoms with E-state index >= 15 is 0 Å². The second-order valence-electron chi connectivity index (χ2n) is 4.36. The molecule has 0 bridgehead atoms. The van der Waals surface area contributed by atoms with Gasteiger partial charge >= 0.3 is 0 Å². The molecule has 0 aliphatic carbocycles.